The zero-order valence-electron chi connectivity index (χ0n) is 16.8. The fraction of sp³-hybridized carbons (Fsp3) is 0.478. The monoisotopic (exact) mass is 400 g/mol. The van der Waals surface area contributed by atoms with Gasteiger partial charge in [0.2, 0.25) is 5.79 Å². The maximum Gasteiger partial charge on any atom is 0.222 e. The van der Waals surface area contributed by atoms with E-state index < -0.39 is 23.8 Å². The number of benzene rings is 2. The van der Waals surface area contributed by atoms with E-state index in [0.717, 1.165) is 11.1 Å². The van der Waals surface area contributed by atoms with Crippen molar-refractivity contribution in [2.75, 3.05) is 13.2 Å². The molecule has 4 rings (SSSR count). The van der Waals surface area contributed by atoms with E-state index in [1.165, 1.54) is 0 Å². The van der Waals surface area contributed by atoms with Crippen molar-refractivity contribution >= 4 is 0 Å². The van der Waals surface area contributed by atoms with Gasteiger partial charge in [0, 0.05) is 0 Å². The fourth-order valence-electron chi connectivity index (χ4n) is 3.86. The molecule has 6 heteroatoms. The van der Waals surface area contributed by atoms with Crippen LogP contribution in [0.5, 0.6) is 0 Å². The Morgan fingerprint density at radius 2 is 1.48 bits per heavy atom. The molecule has 2 aliphatic rings. The average molecular weight is 400 g/mol. The van der Waals surface area contributed by atoms with E-state index >= 15 is 0 Å². The van der Waals surface area contributed by atoms with Crippen LogP contribution >= 0.6 is 0 Å². The van der Waals surface area contributed by atoms with Crippen molar-refractivity contribution in [3.8, 4) is 0 Å². The summed E-state index contributed by atoms with van der Waals surface area (Å²) in [5, 5.41) is 10.2. The number of ether oxygens (including phenoxy) is 5. The Bertz CT molecular complexity index is 780. The van der Waals surface area contributed by atoms with Crippen LogP contribution in [0.25, 0.3) is 0 Å². The Labute approximate surface area is 171 Å². The van der Waals surface area contributed by atoms with Gasteiger partial charge in [-0.05, 0) is 25.0 Å². The molecule has 0 saturated carbocycles. The van der Waals surface area contributed by atoms with Gasteiger partial charge in [-0.15, -0.1) is 0 Å². The van der Waals surface area contributed by atoms with Gasteiger partial charge >= 0.3 is 0 Å². The van der Waals surface area contributed by atoms with Crippen LogP contribution in [-0.4, -0.2) is 48.2 Å². The molecule has 0 aliphatic carbocycles. The van der Waals surface area contributed by atoms with E-state index in [9.17, 15) is 5.11 Å². The Morgan fingerprint density at radius 1 is 0.862 bits per heavy atom. The molecule has 2 fully saturated rings. The lowest BCUT2D eigenvalue weighted by atomic mass is 10.1. The zero-order valence-corrected chi connectivity index (χ0v) is 16.8. The standard InChI is InChI=1S/C23H28O6/c1-22(2)28-20-19(15-25-13-17-9-5-3-6-10-17)27-23(16-24,21(20)29-22)26-14-18-11-7-4-8-12-18/h3-12,19-21,24H,13-16H2,1-2H3/t19-,20-,21-,23-/m1/s1. The summed E-state index contributed by atoms with van der Waals surface area (Å²) in [4.78, 5) is 0. The largest absolute Gasteiger partial charge is 0.391 e. The van der Waals surface area contributed by atoms with E-state index in [-0.39, 0.29) is 12.7 Å². The van der Waals surface area contributed by atoms with Crippen LogP contribution in [0.1, 0.15) is 25.0 Å². The van der Waals surface area contributed by atoms with Gasteiger partial charge in [0.15, 0.2) is 5.79 Å². The number of hydrogen-bond acceptors (Lipinski definition) is 6. The SMILES string of the molecule is CC1(C)O[C@H]2[C@@H](O1)[C@](CO)(OCc1ccccc1)O[C@@H]2COCc1ccccc1. The molecule has 0 radical (unpaired) electrons. The van der Waals surface area contributed by atoms with Crippen molar-refractivity contribution in [2.45, 2.75) is 56.9 Å². The van der Waals surface area contributed by atoms with Crippen LogP contribution < -0.4 is 0 Å². The van der Waals surface area contributed by atoms with Crippen molar-refractivity contribution in [1.29, 1.82) is 0 Å². The molecule has 4 atom stereocenters. The van der Waals surface area contributed by atoms with Crippen molar-refractivity contribution in [1.82, 2.24) is 0 Å². The lowest BCUT2D eigenvalue weighted by Gasteiger charge is -2.33. The minimum absolute atomic E-state index is 0.298. The third-order valence-corrected chi connectivity index (χ3v) is 5.22. The number of rotatable bonds is 8. The molecule has 2 aromatic rings. The molecule has 156 valence electrons. The number of aliphatic hydroxyl groups is 1. The van der Waals surface area contributed by atoms with Crippen molar-refractivity contribution in [3.63, 3.8) is 0 Å². The third kappa shape index (κ3) is 4.53. The maximum atomic E-state index is 10.2. The predicted octanol–water partition coefficient (Wildman–Crippen LogP) is 3.03. The van der Waals surface area contributed by atoms with Crippen LogP contribution in [0.3, 0.4) is 0 Å². The normalized spacial score (nSPS) is 30.4. The number of hydrogen-bond donors (Lipinski definition) is 1. The Morgan fingerprint density at radius 3 is 2.10 bits per heavy atom. The highest BCUT2D eigenvalue weighted by Crippen LogP contribution is 2.45. The third-order valence-electron chi connectivity index (χ3n) is 5.22. The molecule has 0 unspecified atom stereocenters. The molecular weight excluding hydrogens is 372 g/mol. The quantitative estimate of drug-likeness (QED) is 0.735. The molecule has 2 heterocycles. The number of aliphatic hydroxyl groups excluding tert-OH is 1. The molecule has 0 bridgehead atoms. The van der Waals surface area contributed by atoms with E-state index in [1.54, 1.807) is 0 Å². The lowest BCUT2D eigenvalue weighted by molar-refractivity contribution is -0.310. The van der Waals surface area contributed by atoms with Gasteiger partial charge in [0.1, 0.15) is 24.9 Å². The molecule has 1 N–H and O–H groups in total. The molecule has 0 amide bonds. The summed E-state index contributed by atoms with van der Waals surface area (Å²) in [6.45, 7) is 4.45. The van der Waals surface area contributed by atoms with Gasteiger partial charge in [-0.3, -0.25) is 0 Å². The second-order valence-electron chi connectivity index (χ2n) is 7.92. The second-order valence-corrected chi connectivity index (χ2v) is 7.92. The Hall–Kier alpha value is -1.80. The Balaban J connectivity index is 1.45. The van der Waals surface area contributed by atoms with Gasteiger partial charge in [-0.1, -0.05) is 60.7 Å². The summed E-state index contributed by atoms with van der Waals surface area (Å²) in [6.07, 6.45) is -1.34. The topological polar surface area (TPSA) is 66.4 Å². The molecule has 0 spiro atoms. The highest BCUT2D eigenvalue weighted by Gasteiger charge is 2.63. The van der Waals surface area contributed by atoms with Crippen molar-refractivity contribution in [3.05, 3.63) is 71.8 Å². The van der Waals surface area contributed by atoms with Gasteiger partial charge in [-0.25, -0.2) is 0 Å². The highest BCUT2D eigenvalue weighted by atomic mass is 16.8. The molecule has 0 aromatic heterocycles. The molecule has 29 heavy (non-hydrogen) atoms. The van der Waals surface area contributed by atoms with Gasteiger partial charge in [0.05, 0.1) is 19.8 Å². The predicted molar refractivity (Wildman–Crippen MR) is 106 cm³/mol. The average Bonchev–Trinajstić information content (AvgIpc) is 3.20. The molecule has 2 saturated heterocycles. The first-order valence-electron chi connectivity index (χ1n) is 9.95. The molecular formula is C23H28O6. The van der Waals surface area contributed by atoms with Crippen LogP contribution in [0, 0.1) is 0 Å². The summed E-state index contributed by atoms with van der Waals surface area (Å²) >= 11 is 0. The van der Waals surface area contributed by atoms with Crippen LogP contribution in [0.4, 0.5) is 0 Å². The first-order valence-corrected chi connectivity index (χ1v) is 9.95. The number of fused-ring (bicyclic) bond motifs is 1. The van der Waals surface area contributed by atoms with Crippen molar-refractivity contribution < 1.29 is 28.8 Å². The summed E-state index contributed by atoms with van der Waals surface area (Å²) in [5.74, 6) is -2.08. The molecule has 2 aliphatic heterocycles. The minimum atomic E-state index is -1.30. The molecule has 6 nitrogen and oxygen atoms in total. The maximum absolute atomic E-state index is 10.2. The van der Waals surface area contributed by atoms with Gasteiger partial charge in [-0.2, -0.15) is 0 Å². The molecule has 2 aromatic carbocycles. The van der Waals surface area contributed by atoms with Crippen LogP contribution in [-0.2, 0) is 36.9 Å². The van der Waals surface area contributed by atoms with Gasteiger partial charge in [0.25, 0.3) is 0 Å². The van der Waals surface area contributed by atoms with Gasteiger partial charge < -0.3 is 28.8 Å². The minimum Gasteiger partial charge on any atom is -0.391 e. The van der Waals surface area contributed by atoms with E-state index in [1.807, 2.05) is 74.5 Å². The summed E-state index contributed by atoms with van der Waals surface area (Å²) in [5.41, 5.74) is 2.07. The highest BCUT2D eigenvalue weighted by molar-refractivity contribution is 5.15. The van der Waals surface area contributed by atoms with E-state index in [2.05, 4.69) is 0 Å². The van der Waals surface area contributed by atoms with E-state index in [0.29, 0.717) is 19.8 Å². The smallest absolute Gasteiger partial charge is 0.222 e. The van der Waals surface area contributed by atoms with E-state index in [4.69, 9.17) is 23.7 Å². The lowest BCUT2D eigenvalue weighted by Crippen LogP contribution is -2.48. The fourth-order valence-corrected chi connectivity index (χ4v) is 3.86. The summed E-state index contributed by atoms with van der Waals surface area (Å²) in [6, 6.07) is 19.7. The summed E-state index contributed by atoms with van der Waals surface area (Å²) < 4.78 is 30.3. The van der Waals surface area contributed by atoms with Crippen molar-refractivity contribution in [2.24, 2.45) is 0 Å². The van der Waals surface area contributed by atoms with Crippen LogP contribution in [0.2, 0.25) is 0 Å². The first-order chi connectivity index (χ1) is 14.0. The Kier molecular flexibility index (Phi) is 6.01. The summed E-state index contributed by atoms with van der Waals surface area (Å²) in [7, 11) is 0. The zero-order chi connectivity index (χ0) is 20.3. The van der Waals surface area contributed by atoms with Crippen LogP contribution in [0.15, 0.2) is 60.7 Å². The first kappa shape index (κ1) is 20.5. The second kappa shape index (κ2) is 8.52.